The SMILES string of the molecule is CCC1(CC)NC(C)Sc2ccccc21. The standard InChI is InChI=1S/C13H19NS/c1-4-13(5-2)11-8-6-7-9-12(11)15-10(3)14-13/h6-10,14H,4-5H2,1-3H3. The van der Waals surface area contributed by atoms with E-state index < -0.39 is 0 Å². The van der Waals surface area contributed by atoms with Crippen molar-refractivity contribution in [2.75, 3.05) is 0 Å². The Morgan fingerprint density at radius 1 is 1.27 bits per heavy atom. The molecule has 0 aliphatic carbocycles. The monoisotopic (exact) mass is 221 g/mol. The minimum absolute atomic E-state index is 0.196. The fourth-order valence-electron chi connectivity index (χ4n) is 2.49. The lowest BCUT2D eigenvalue weighted by molar-refractivity contribution is 0.295. The lowest BCUT2D eigenvalue weighted by Gasteiger charge is -2.41. The smallest absolute Gasteiger partial charge is 0.0557 e. The zero-order chi connectivity index (χ0) is 10.9. The Labute approximate surface area is 96.7 Å². The molecule has 2 heteroatoms. The molecule has 0 spiro atoms. The van der Waals surface area contributed by atoms with Crippen LogP contribution in [0.4, 0.5) is 0 Å². The summed E-state index contributed by atoms with van der Waals surface area (Å²) in [6.45, 7) is 6.80. The Balaban J connectivity index is 2.50. The molecule has 82 valence electrons. The predicted octanol–water partition coefficient (Wildman–Crippen LogP) is 3.74. The van der Waals surface area contributed by atoms with Gasteiger partial charge in [-0.05, 0) is 31.4 Å². The highest BCUT2D eigenvalue weighted by Crippen LogP contribution is 2.42. The van der Waals surface area contributed by atoms with Gasteiger partial charge >= 0.3 is 0 Å². The quantitative estimate of drug-likeness (QED) is 0.816. The summed E-state index contributed by atoms with van der Waals surface area (Å²) in [7, 11) is 0. The zero-order valence-electron chi connectivity index (χ0n) is 9.71. The van der Waals surface area contributed by atoms with E-state index in [9.17, 15) is 0 Å². The molecule has 0 aromatic heterocycles. The molecule has 0 amide bonds. The average Bonchev–Trinajstić information content (AvgIpc) is 2.27. The molecule has 1 unspecified atom stereocenters. The second-order valence-corrected chi connectivity index (χ2v) is 5.57. The van der Waals surface area contributed by atoms with Crippen molar-refractivity contribution < 1.29 is 0 Å². The van der Waals surface area contributed by atoms with Crippen molar-refractivity contribution in [3.63, 3.8) is 0 Å². The number of rotatable bonds is 2. The van der Waals surface area contributed by atoms with Crippen LogP contribution < -0.4 is 5.32 Å². The number of hydrogen-bond acceptors (Lipinski definition) is 2. The van der Waals surface area contributed by atoms with E-state index in [-0.39, 0.29) is 5.54 Å². The first kappa shape index (κ1) is 11.0. The fraction of sp³-hybridized carbons (Fsp3) is 0.538. The van der Waals surface area contributed by atoms with Crippen LogP contribution in [0.25, 0.3) is 0 Å². The van der Waals surface area contributed by atoms with Gasteiger partial charge < -0.3 is 0 Å². The molecule has 1 heterocycles. The number of fused-ring (bicyclic) bond motifs is 1. The van der Waals surface area contributed by atoms with E-state index in [1.54, 1.807) is 0 Å². The van der Waals surface area contributed by atoms with Crippen LogP contribution in [0.2, 0.25) is 0 Å². The Morgan fingerprint density at radius 2 is 1.93 bits per heavy atom. The number of nitrogens with one attached hydrogen (secondary N) is 1. The summed E-state index contributed by atoms with van der Waals surface area (Å²) < 4.78 is 0. The van der Waals surface area contributed by atoms with Crippen LogP contribution in [0, 0.1) is 0 Å². The van der Waals surface area contributed by atoms with Crippen molar-refractivity contribution in [3.05, 3.63) is 29.8 Å². The second kappa shape index (κ2) is 4.18. The van der Waals surface area contributed by atoms with Crippen LogP contribution in [0.15, 0.2) is 29.2 Å². The Bertz CT molecular complexity index is 344. The molecular formula is C13H19NS. The van der Waals surface area contributed by atoms with Crippen molar-refractivity contribution in [1.29, 1.82) is 0 Å². The maximum absolute atomic E-state index is 3.75. The van der Waals surface area contributed by atoms with Crippen LogP contribution >= 0.6 is 11.8 Å². The molecule has 0 bridgehead atoms. The summed E-state index contributed by atoms with van der Waals surface area (Å²) in [4.78, 5) is 1.45. The van der Waals surface area contributed by atoms with Crippen molar-refractivity contribution in [1.82, 2.24) is 5.32 Å². The van der Waals surface area contributed by atoms with Gasteiger partial charge in [0.25, 0.3) is 0 Å². The molecule has 1 aromatic rings. The lowest BCUT2D eigenvalue weighted by Crippen LogP contribution is -2.48. The predicted molar refractivity (Wildman–Crippen MR) is 67.2 cm³/mol. The maximum atomic E-state index is 3.75. The molecule has 1 aromatic carbocycles. The molecule has 15 heavy (non-hydrogen) atoms. The summed E-state index contributed by atoms with van der Waals surface area (Å²) in [5.74, 6) is 0. The first-order valence-electron chi connectivity index (χ1n) is 5.75. The fourth-order valence-corrected chi connectivity index (χ4v) is 3.70. The van der Waals surface area contributed by atoms with Crippen LogP contribution in [0.3, 0.4) is 0 Å². The van der Waals surface area contributed by atoms with E-state index in [2.05, 4.69) is 50.4 Å². The van der Waals surface area contributed by atoms with Gasteiger partial charge in [-0.1, -0.05) is 32.0 Å². The van der Waals surface area contributed by atoms with Crippen LogP contribution in [-0.4, -0.2) is 5.37 Å². The van der Waals surface area contributed by atoms with Gasteiger partial charge in [-0.2, -0.15) is 0 Å². The largest absolute Gasteiger partial charge is 0.296 e. The van der Waals surface area contributed by atoms with Crippen molar-refractivity contribution in [3.8, 4) is 0 Å². The molecule has 0 saturated heterocycles. The van der Waals surface area contributed by atoms with Crippen molar-refractivity contribution >= 4 is 11.8 Å². The third kappa shape index (κ3) is 1.81. The van der Waals surface area contributed by atoms with Gasteiger partial charge in [0, 0.05) is 10.4 Å². The molecule has 0 radical (unpaired) electrons. The molecule has 1 N–H and O–H groups in total. The number of benzene rings is 1. The van der Waals surface area contributed by atoms with E-state index in [1.165, 1.54) is 10.5 Å². The van der Waals surface area contributed by atoms with Gasteiger partial charge in [-0.15, -0.1) is 11.8 Å². The molecule has 0 fully saturated rings. The van der Waals surface area contributed by atoms with Crippen LogP contribution in [0.5, 0.6) is 0 Å². The van der Waals surface area contributed by atoms with E-state index in [1.807, 2.05) is 11.8 Å². The minimum atomic E-state index is 0.196. The van der Waals surface area contributed by atoms with Gasteiger partial charge in [0.1, 0.15) is 0 Å². The Hall–Kier alpha value is -0.470. The molecule has 1 aliphatic rings. The first-order valence-corrected chi connectivity index (χ1v) is 6.63. The van der Waals surface area contributed by atoms with Gasteiger partial charge in [-0.3, -0.25) is 5.32 Å². The number of thioether (sulfide) groups is 1. The van der Waals surface area contributed by atoms with E-state index in [0.717, 1.165) is 12.8 Å². The summed E-state index contributed by atoms with van der Waals surface area (Å²) >= 11 is 1.93. The van der Waals surface area contributed by atoms with E-state index in [0.29, 0.717) is 5.37 Å². The van der Waals surface area contributed by atoms with Gasteiger partial charge in [0.15, 0.2) is 0 Å². The summed E-state index contributed by atoms with van der Waals surface area (Å²) in [5.41, 5.74) is 1.68. The minimum Gasteiger partial charge on any atom is -0.296 e. The highest BCUT2D eigenvalue weighted by atomic mass is 32.2. The normalized spacial score (nSPS) is 23.5. The third-order valence-corrected chi connectivity index (χ3v) is 4.47. The number of hydrogen-bond donors (Lipinski definition) is 1. The Kier molecular flexibility index (Phi) is 3.08. The summed E-state index contributed by atoms with van der Waals surface area (Å²) in [6, 6.07) is 8.81. The topological polar surface area (TPSA) is 12.0 Å². The second-order valence-electron chi connectivity index (χ2n) is 4.19. The maximum Gasteiger partial charge on any atom is 0.0557 e. The van der Waals surface area contributed by atoms with Crippen LogP contribution in [0.1, 0.15) is 39.2 Å². The van der Waals surface area contributed by atoms with Crippen molar-refractivity contribution in [2.24, 2.45) is 0 Å². The highest BCUT2D eigenvalue weighted by Gasteiger charge is 2.35. The molecule has 2 rings (SSSR count). The lowest BCUT2D eigenvalue weighted by atomic mass is 9.84. The molecule has 0 saturated carbocycles. The molecule has 1 nitrogen and oxygen atoms in total. The van der Waals surface area contributed by atoms with Gasteiger partial charge in [-0.25, -0.2) is 0 Å². The summed E-state index contributed by atoms with van der Waals surface area (Å²) in [5, 5.41) is 4.26. The summed E-state index contributed by atoms with van der Waals surface area (Å²) in [6.07, 6.45) is 2.32. The molecule has 1 aliphatic heterocycles. The zero-order valence-corrected chi connectivity index (χ0v) is 10.5. The van der Waals surface area contributed by atoms with E-state index >= 15 is 0 Å². The third-order valence-electron chi connectivity index (χ3n) is 3.39. The first-order chi connectivity index (χ1) is 7.22. The van der Waals surface area contributed by atoms with E-state index in [4.69, 9.17) is 0 Å². The van der Waals surface area contributed by atoms with Crippen molar-refractivity contribution in [2.45, 2.75) is 49.4 Å². The Morgan fingerprint density at radius 3 is 2.60 bits per heavy atom. The highest BCUT2D eigenvalue weighted by molar-refractivity contribution is 8.00. The van der Waals surface area contributed by atoms with Crippen LogP contribution in [-0.2, 0) is 5.54 Å². The average molecular weight is 221 g/mol. The van der Waals surface area contributed by atoms with Gasteiger partial charge in [0.2, 0.25) is 0 Å². The van der Waals surface area contributed by atoms with Gasteiger partial charge in [0.05, 0.1) is 5.37 Å². The molecule has 1 atom stereocenters. The molecular weight excluding hydrogens is 202 g/mol.